The third-order valence-electron chi connectivity index (χ3n) is 4.32. The molecule has 7 nitrogen and oxygen atoms in total. The van der Waals surface area contributed by atoms with Gasteiger partial charge in [0.1, 0.15) is 11.4 Å². The van der Waals surface area contributed by atoms with Gasteiger partial charge in [0.15, 0.2) is 5.82 Å². The average molecular weight is 334 g/mol. The highest BCUT2D eigenvalue weighted by Crippen LogP contribution is 2.24. The molecule has 0 fully saturated rings. The van der Waals surface area contributed by atoms with Crippen LogP contribution in [-0.4, -0.2) is 32.2 Å². The maximum absolute atomic E-state index is 11.9. The van der Waals surface area contributed by atoms with Crippen molar-refractivity contribution in [2.45, 2.75) is 19.9 Å². The van der Waals surface area contributed by atoms with Gasteiger partial charge in [-0.3, -0.25) is 9.48 Å². The number of carbonyl (C=O) groups excluding carboxylic acids is 1. The van der Waals surface area contributed by atoms with Crippen LogP contribution in [0.5, 0.6) is 0 Å². The molecule has 3 heterocycles. The lowest BCUT2D eigenvalue weighted by Gasteiger charge is -2.13. The monoisotopic (exact) mass is 334 g/mol. The second-order valence-corrected chi connectivity index (χ2v) is 5.93. The third kappa shape index (κ3) is 2.73. The van der Waals surface area contributed by atoms with Crippen molar-refractivity contribution in [1.29, 1.82) is 0 Å². The summed E-state index contributed by atoms with van der Waals surface area (Å²) in [5, 5.41) is 7.31. The van der Waals surface area contributed by atoms with Crippen LogP contribution in [0.4, 0.5) is 5.69 Å². The Morgan fingerprint density at radius 2 is 2.12 bits per heavy atom. The van der Waals surface area contributed by atoms with E-state index < -0.39 is 0 Å². The van der Waals surface area contributed by atoms with E-state index in [-0.39, 0.29) is 5.91 Å². The number of amides is 1. The van der Waals surface area contributed by atoms with Gasteiger partial charge in [0.25, 0.3) is 5.91 Å². The highest BCUT2D eigenvalue weighted by molar-refractivity contribution is 5.94. The first-order valence-electron chi connectivity index (χ1n) is 8.24. The molecule has 1 aliphatic rings. The lowest BCUT2D eigenvalue weighted by Crippen LogP contribution is -2.35. The van der Waals surface area contributed by atoms with E-state index >= 15 is 0 Å². The maximum Gasteiger partial charge on any atom is 0.269 e. The molecule has 3 aromatic rings. The molecule has 3 N–H and O–H groups in total. The van der Waals surface area contributed by atoms with E-state index in [9.17, 15) is 4.79 Å². The van der Waals surface area contributed by atoms with E-state index in [0.29, 0.717) is 36.0 Å². The topological polar surface area (TPSA) is 98.7 Å². The molecule has 2 aromatic heterocycles. The highest BCUT2D eigenvalue weighted by atomic mass is 16.2. The predicted octanol–water partition coefficient (Wildman–Crippen LogP) is 1.90. The predicted molar refractivity (Wildman–Crippen MR) is 94.8 cm³/mol. The van der Waals surface area contributed by atoms with Crippen LogP contribution in [0.15, 0.2) is 36.5 Å². The summed E-state index contributed by atoms with van der Waals surface area (Å²) in [7, 11) is 0. The number of nitrogens with one attached hydrogen (secondary N) is 1. The van der Waals surface area contributed by atoms with Crippen LogP contribution in [0.25, 0.3) is 22.8 Å². The first-order valence-corrected chi connectivity index (χ1v) is 8.24. The van der Waals surface area contributed by atoms with E-state index in [1.54, 1.807) is 23.0 Å². The minimum absolute atomic E-state index is 0.106. The van der Waals surface area contributed by atoms with Crippen molar-refractivity contribution < 1.29 is 4.79 Å². The number of nitrogen functional groups attached to an aromatic ring is 1. The Hall–Kier alpha value is -3.22. The van der Waals surface area contributed by atoms with Crippen LogP contribution in [0.2, 0.25) is 0 Å². The number of nitrogens with zero attached hydrogens (tertiary/aromatic N) is 4. The van der Waals surface area contributed by atoms with Gasteiger partial charge in [-0.1, -0.05) is 6.92 Å². The quantitative estimate of drug-likeness (QED) is 0.713. The Labute approximate surface area is 144 Å². The van der Waals surface area contributed by atoms with Crippen LogP contribution in [-0.2, 0) is 13.0 Å². The van der Waals surface area contributed by atoms with Crippen molar-refractivity contribution in [2.24, 2.45) is 0 Å². The molecule has 0 saturated heterocycles. The standard InChI is InChI=1S/C18H18N6O/c1-2-11-9-12(3-4-13(11)19)17-20-6-5-14(22-17)15-10-16-18(25)21-7-8-24(16)23-15/h3-6,9-10H,2,7-8,19H2,1H3,(H,21,25). The zero-order valence-corrected chi connectivity index (χ0v) is 13.9. The summed E-state index contributed by atoms with van der Waals surface area (Å²) in [4.78, 5) is 20.9. The van der Waals surface area contributed by atoms with E-state index in [1.807, 2.05) is 18.2 Å². The normalized spacial score (nSPS) is 13.4. The van der Waals surface area contributed by atoms with Crippen LogP contribution in [0.3, 0.4) is 0 Å². The van der Waals surface area contributed by atoms with Gasteiger partial charge in [-0.25, -0.2) is 9.97 Å². The molecule has 4 rings (SSSR count). The summed E-state index contributed by atoms with van der Waals surface area (Å²) in [6, 6.07) is 9.37. The van der Waals surface area contributed by atoms with Gasteiger partial charge >= 0.3 is 0 Å². The zero-order chi connectivity index (χ0) is 17.4. The van der Waals surface area contributed by atoms with Gasteiger partial charge in [0.05, 0.1) is 12.2 Å². The molecule has 126 valence electrons. The SMILES string of the molecule is CCc1cc(-c2nccc(-c3cc4n(n3)CCNC4=O)n2)ccc1N. The number of nitrogens with two attached hydrogens (primary N) is 1. The van der Waals surface area contributed by atoms with Gasteiger partial charge in [-0.05, 0) is 42.3 Å². The molecule has 0 spiro atoms. The fourth-order valence-corrected chi connectivity index (χ4v) is 2.95. The summed E-state index contributed by atoms with van der Waals surface area (Å²) in [5.41, 5.74) is 10.6. The first kappa shape index (κ1) is 15.3. The Bertz CT molecular complexity index is 962. The fraction of sp³-hybridized carbons (Fsp3) is 0.222. The molecule has 0 radical (unpaired) electrons. The molecule has 0 unspecified atom stereocenters. The molecule has 1 amide bonds. The van der Waals surface area contributed by atoms with Gasteiger partial charge in [-0.2, -0.15) is 5.10 Å². The van der Waals surface area contributed by atoms with E-state index in [4.69, 9.17) is 5.73 Å². The Balaban J connectivity index is 1.74. The van der Waals surface area contributed by atoms with Crippen LogP contribution < -0.4 is 11.1 Å². The largest absolute Gasteiger partial charge is 0.399 e. The summed E-state index contributed by atoms with van der Waals surface area (Å²) >= 11 is 0. The van der Waals surface area contributed by atoms with E-state index in [2.05, 4.69) is 27.3 Å². The average Bonchev–Trinajstić information content (AvgIpc) is 3.08. The minimum atomic E-state index is -0.106. The highest BCUT2D eigenvalue weighted by Gasteiger charge is 2.20. The molecule has 0 saturated carbocycles. The Morgan fingerprint density at radius 3 is 2.92 bits per heavy atom. The minimum Gasteiger partial charge on any atom is -0.399 e. The number of hydrogen-bond acceptors (Lipinski definition) is 5. The lowest BCUT2D eigenvalue weighted by atomic mass is 10.1. The van der Waals surface area contributed by atoms with Gasteiger partial charge < -0.3 is 11.1 Å². The molecule has 1 aromatic carbocycles. The van der Waals surface area contributed by atoms with Crippen LogP contribution >= 0.6 is 0 Å². The zero-order valence-electron chi connectivity index (χ0n) is 13.9. The second kappa shape index (κ2) is 6.01. The van der Waals surface area contributed by atoms with Crippen molar-refractivity contribution in [3.05, 3.63) is 47.8 Å². The summed E-state index contributed by atoms with van der Waals surface area (Å²) in [6.45, 7) is 3.32. The molecule has 1 aliphatic heterocycles. The van der Waals surface area contributed by atoms with Crippen LogP contribution in [0, 0.1) is 0 Å². The number of aromatic nitrogens is 4. The lowest BCUT2D eigenvalue weighted by molar-refractivity contribution is 0.0924. The van der Waals surface area contributed by atoms with E-state index in [1.165, 1.54) is 0 Å². The number of carbonyl (C=O) groups is 1. The summed E-state index contributed by atoms with van der Waals surface area (Å²) < 4.78 is 1.72. The van der Waals surface area contributed by atoms with Crippen molar-refractivity contribution in [3.63, 3.8) is 0 Å². The van der Waals surface area contributed by atoms with Crippen molar-refractivity contribution >= 4 is 11.6 Å². The second-order valence-electron chi connectivity index (χ2n) is 5.93. The number of rotatable bonds is 3. The Kier molecular flexibility index (Phi) is 3.68. The number of fused-ring (bicyclic) bond motifs is 1. The number of aryl methyl sites for hydroxylation is 1. The van der Waals surface area contributed by atoms with Crippen molar-refractivity contribution in [1.82, 2.24) is 25.1 Å². The van der Waals surface area contributed by atoms with Crippen molar-refractivity contribution in [3.8, 4) is 22.8 Å². The number of hydrogen-bond donors (Lipinski definition) is 2. The van der Waals surface area contributed by atoms with E-state index in [0.717, 1.165) is 23.2 Å². The molecule has 0 aliphatic carbocycles. The van der Waals surface area contributed by atoms with Gasteiger partial charge in [0.2, 0.25) is 0 Å². The fourth-order valence-electron chi connectivity index (χ4n) is 2.95. The van der Waals surface area contributed by atoms with Gasteiger partial charge in [0, 0.05) is 24.0 Å². The molecule has 7 heteroatoms. The van der Waals surface area contributed by atoms with Gasteiger partial charge in [-0.15, -0.1) is 0 Å². The van der Waals surface area contributed by atoms with Crippen LogP contribution in [0.1, 0.15) is 23.0 Å². The maximum atomic E-state index is 11.9. The molecular formula is C18H18N6O. The molecule has 0 bridgehead atoms. The smallest absolute Gasteiger partial charge is 0.269 e. The third-order valence-corrected chi connectivity index (χ3v) is 4.32. The Morgan fingerprint density at radius 1 is 1.24 bits per heavy atom. The first-order chi connectivity index (χ1) is 12.2. The molecule has 25 heavy (non-hydrogen) atoms. The summed E-state index contributed by atoms with van der Waals surface area (Å²) in [5.74, 6) is 0.507. The number of benzene rings is 1. The van der Waals surface area contributed by atoms with Crippen molar-refractivity contribution in [2.75, 3.05) is 12.3 Å². The number of anilines is 1. The molecule has 0 atom stereocenters. The molecular weight excluding hydrogens is 316 g/mol. The summed E-state index contributed by atoms with van der Waals surface area (Å²) in [6.07, 6.45) is 2.56.